The molecule has 0 spiro atoms. The molecule has 17 heavy (non-hydrogen) atoms. The summed E-state index contributed by atoms with van der Waals surface area (Å²) >= 11 is 3.55. The van der Waals surface area contributed by atoms with Crippen LogP contribution in [-0.4, -0.2) is 6.04 Å². The van der Waals surface area contributed by atoms with E-state index in [1.54, 1.807) is 0 Å². The SMILES string of the molecule is CCC(NC1CCc2cc(Br)ccc21)C(C)C. The lowest BCUT2D eigenvalue weighted by Gasteiger charge is -2.25. The van der Waals surface area contributed by atoms with E-state index in [9.17, 15) is 0 Å². The Morgan fingerprint density at radius 3 is 2.82 bits per heavy atom. The Balaban J connectivity index is 2.11. The largest absolute Gasteiger partial charge is 0.307 e. The third-order valence-electron chi connectivity index (χ3n) is 3.84. The number of fused-ring (bicyclic) bond motifs is 1. The number of rotatable bonds is 4. The summed E-state index contributed by atoms with van der Waals surface area (Å²) in [5.74, 6) is 0.708. The van der Waals surface area contributed by atoms with E-state index in [4.69, 9.17) is 0 Å². The zero-order valence-corrected chi connectivity index (χ0v) is 12.5. The van der Waals surface area contributed by atoms with Gasteiger partial charge in [0.15, 0.2) is 0 Å². The molecule has 0 saturated carbocycles. The molecule has 2 unspecified atom stereocenters. The van der Waals surface area contributed by atoms with E-state index in [1.165, 1.54) is 34.9 Å². The number of nitrogens with one attached hydrogen (secondary N) is 1. The van der Waals surface area contributed by atoms with E-state index in [1.807, 2.05) is 0 Å². The van der Waals surface area contributed by atoms with Crippen molar-refractivity contribution in [3.63, 3.8) is 0 Å². The molecule has 2 atom stereocenters. The maximum atomic E-state index is 3.83. The highest BCUT2D eigenvalue weighted by atomic mass is 79.9. The van der Waals surface area contributed by atoms with Gasteiger partial charge in [-0.05, 0) is 48.4 Å². The van der Waals surface area contributed by atoms with E-state index >= 15 is 0 Å². The summed E-state index contributed by atoms with van der Waals surface area (Å²) in [7, 11) is 0. The molecule has 94 valence electrons. The Labute approximate surface area is 113 Å². The monoisotopic (exact) mass is 295 g/mol. The first kappa shape index (κ1) is 13.1. The van der Waals surface area contributed by atoms with Crippen LogP contribution in [0.1, 0.15) is 50.8 Å². The van der Waals surface area contributed by atoms with Gasteiger partial charge >= 0.3 is 0 Å². The van der Waals surface area contributed by atoms with Gasteiger partial charge in [0.05, 0.1) is 0 Å². The number of hydrogen-bond acceptors (Lipinski definition) is 1. The number of halogens is 1. The molecular formula is C15H22BrN. The Kier molecular flexibility index (Phi) is 4.26. The molecule has 1 aromatic carbocycles. The van der Waals surface area contributed by atoms with Gasteiger partial charge in [-0.3, -0.25) is 0 Å². The zero-order valence-electron chi connectivity index (χ0n) is 11.0. The minimum absolute atomic E-state index is 0.561. The lowest BCUT2D eigenvalue weighted by Crippen LogP contribution is -2.35. The van der Waals surface area contributed by atoms with Gasteiger partial charge in [-0.25, -0.2) is 0 Å². The third kappa shape index (κ3) is 2.92. The fraction of sp³-hybridized carbons (Fsp3) is 0.600. The summed E-state index contributed by atoms with van der Waals surface area (Å²) in [6, 6.07) is 7.90. The van der Waals surface area contributed by atoms with Crippen molar-refractivity contribution in [1.82, 2.24) is 5.32 Å². The van der Waals surface area contributed by atoms with Gasteiger partial charge in [0.25, 0.3) is 0 Å². The smallest absolute Gasteiger partial charge is 0.0328 e. The van der Waals surface area contributed by atoms with Crippen LogP contribution in [0, 0.1) is 5.92 Å². The topological polar surface area (TPSA) is 12.0 Å². The van der Waals surface area contributed by atoms with Crippen LogP contribution < -0.4 is 5.32 Å². The standard InChI is InChI=1S/C15H22BrN/c1-4-14(10(2)3)17-15-8-5-11-9-12(16)6-7-13(11)15/h6-7,9-10,14-15,17H,4-5,8H2,1-3H3. The molecule has 1 nitrogen and oxygen atoms in total. The molecule has 2 rings (SSSR count). The molecule has 2 heteroatoms. The second-order valence-corrected chi connectivity index (χ2v) is 6.28. The Morgan fingerprint density at radius 2 is 2.18 bits per heavy atom. The highest BCUT2D eigenvalue weighted by Gasteiger charge is 2.25. The molecule has 1 N–H and O–H groups in total. The fourth-order valence-electron chi connectivity index (χ4n) is 2.80. The second kappa shape index (κ2) is 5.53. The van der Waals surface area contributed by atoms with Crippen LogP contribution in [0.2, 0.25) is 0 Å². The quantitative estimate of drug-likeness (QED) is 0.865. The van der Waals surface area contributed by atoms with Crippen molar-refractivity contribution in [2.24, 2.45) is 5.92 Å². The molecule has 0 aromatic heterocycles. The Morgan fingerprint density at radius 1 is 1.41 bits per heavy atom. The number of benzene rings is 1. The molecule has 1 aromatic rings. The minimum atomic E-state index is 0.561. The highest BCUT2D eigenvalue weighted by molar-refractivity contribution is 9.10. The molecule has 0 radical (unpaired) electrons. The van der Waals surface area contributed by atoms with Crippen molar-refractivity contribution in [2.45, 2.75) is 52.1 Å². The molecule has 1 aliphatic rings. The molecular weight excluding hydrogens is 274 g/mol. The molecule has 0 fully saturated rings. The normalized spacial score (nSPS) is 20.6. The van der Waals surface area contributed by atoms with E-state index in [0.717, 1.165) is 0 Å². The minimum Gasteiger partial charge on any atom is -0.307 e. The van der Waals surface area contributed by atoms with Gasteiger partial charge in [0.2, 0.25) is 0 Å². The van der Waals surface area contributed by atoms with E-state index in [2.05, 4.69) is 60.2 Å². The van der Waals surface area contributed by atoms with E-state index < -0.39 is 0 Å². The number of aryl methyl sites for hydroxylation is 1. The molecule has 0 aliphatic heterocycles. The summed E-state index contributed by atoms with van der Waals surface area (Å²) in [5.41, 5.74) is 3.02. The van der Waals surface area contributed by atoms with Crippen LogP contribution in [0.15, 0.2) is 22.7 Å². The van der Waals surface area contributed by atoms with Gasteiger partial charge in [-0.15, -0.1) is 0 Å². The Hall–Kier alpha value is -0.340. The molecule has 0 bridgehead atoms. The zero-order chi connectivity index (χ0) is 12.4. The van der Waals surface area contributed by atoms with Gasteiger partial charge in [-0.1, -0.05) is 42.8 Å². The summed E-state index contributed by atoms with van der Waals surface area (Å²) in [5, 5.41) is 3.83. The summed E-state index contributed by atoms with van der Waals surface area (Å²) < 4.78 is 1.20. The van der Waals surface area contributed by atoms with Crippen molar-refractivity contribution >= 4 is 15.9 Å². The first-order valence-corrected chi connectivity index (χ1v) is 7.45. The summed E-state index contributed by atoms with van der Waals surface area (Å²) in [4.78, 5) is 0. The maximum Gasteiger partial charge on any atom is 0.0328 e. The van der Waals surface area contributed by atoms with Gasteiger partial charge in [0, 0.05) is 16.6 Å². The van der Waals surface area contributed by atoms with Crippen LogP contribution in [0.25, 0.3) is 0 Å². The first-order chi connectivity index (χ1) is 8.11. The van der Waals surface area contributed by atoms with E-state index in [-0.39, 0.29) is 0 Å². The average Bonchev–Trinajstić information content (AvgIpc) is 2.67. The molecule has 1 aliphatic carbocycles. The molecule has 0 amide bonds. The first-order valence-electron chi connectivity index (χ1n) is 6.66. The predicted octanol–water partition coefficient (Wildman–Crippen LogP) is 4.46. The average molecular weight is 296 g/mol. The summed E-state index contributed by atoms with van der Waals surface area (Å²) in [6.07, 6.45) is 3.66. The van der Waals surface area contributed by atoms with Gasteiger partial charge in [0.1, 0.15) is 0 Å². The molecule has 0 heterocycles. The lowest BCUT2D eigenvalue weighted by molar-refractivity contribution is 0.344. The Bertz CT molecular complexity index is 387. The second-order valence-electron chi connectivity index (χ2n) is 5.36. The van der Waals surface area contributed by atoms with Gasteiger partial charge < -0.3 is 5.32 Å². The van der Waals surface area contributed by atoms with Crippen LogP contribution in [-0.2, 0) is 6.42 Å². The molecule has 0 saturated heterocycles. The van der Waals surface area contributed by atoms with Crippen molar-refractivity contribution in [3.05, 3.63) is 33.8 Å². The lowest BCUT2D eigenvalue weighted by atomic mass is 9.99. The number of hydrogen-bond donors (Lipinski definition) is 1. The van der Waals surface area contributed by atoms with Crippen LogP contribution in [0.5, 0.6) is 0 Å². The van der Waals surface area contributed by atoms with Crippen molar-refractivity contribution in [2.75, 3.05) is 0 Å². The highest BCUT2D eigenvalue weighted by Crippen LogP contribution is 2.33. The van der Waals surface area contributed by atoms with Gasteiger partial charge in [-0.2, -0.15) is 0 Å². The predicted molar refractivity (Wildman–Crippen MR) is 77.3 cm³/mol. The summed E-state index contributed by atoms with van der Waals surface area (Å²) in [6.45, 7) is 6.88. The van der Waals surface area contributed by atoms with Crippen molar-refractivity contribution in [3.8, 4) is 0 Å². The van der Waals surface area contributed by atoms with Crippen LogP contribution >= 0.6 is 15.9 Å². The third-order valence-corrected chi connectivity index (χ3v) is 4.34. The van der Waals surface area contributed by atoms with Crippen molar-refractivity contribution in [1.29, 1.82) is 0 Å². The van der Waals surface area contributed by atoms with E-state index in [0.29, 0.717) is 18.0 Å². The maximum absolute atomic E-state index is 3.83. The van der Waals surface area contributed by atoms with Crippen LogP contribution in [0.3, 0.4) is 0 Å². The van der Waals surface area contributed by atoms with Crippen molar-refractivity contribution < 1.29 is 0 Å². The fourth-order valence-corrected chi connectivity index (χ4v) is 3.21. The van der Waals surface area contributed by atoms with Crippen LogP contribution in [0.4, 0.5) is 0 Å².